The second-order valence-electron chi connectivity index (χ2n) is 6.45. The predicted molar refractivity (Wildman–Crippen MR) is 87.3 cm³/mol. The third kappa shape index (κ3) is 6.61. The third-order valence-corrected chi connectivity index (χ3v) is 3.82. The standard InChI is InChI=1S/C19H30/c1-15(2)8-6-9-17(5)12-13-18-10-7-11-19(14-18)16(3)4/h7,10-11,14-15,17H,3,6,8-9,12-13H2,1-2,4-5H3. The van der Waals surface area contributed by atoms with Crippen molar-refractivity contribution in [2.75, 3.05) is 0 Å². The second kappa shape index (κ2) is 8.19. The Hall–Kier alpha value is -1.04. The summed E-state index contributed by atoms with van der Waals surface area (Å²) in [4.78, 5) is 0. The first-order valence-electron chi connectivity index (χ1n) is 7.74. The van der Waals surface area contributed by atoms with Gasteiger partial charge in [0.05, 0.1) is 0 Å². The molecule has 1 unspecified atom stereocenters. The van der Waals surface area contributed by atoms with E-state index in [-0.39, 0.29) is 0 Å². The van der Waals surface area contributed by atoms with E-state index in [0.29, 0.717) is 0 Å². The summed E-state index contributed by atoms with van der Waals surface area (Å²) in [7, 11) is 0. The summed E-state index contributed by atoms with van der Waals surface area (Å²) in [6.07, 6.45) is 6.63. The summed E-state index contributed by atoms with van der Waals surface area (Å²) >= 11 is 0. The molecule has 19 heavy (non-hydrogen) atoms. The fraction of sp³-hybridized carbons (Fsp3) is 0.579. The van der Waals surface area contributed by atoms with Crippen molar-refractivity contribution in [3.05, 3.63) is 42.0 Å². The number of aryl methyl sites for hydroxylation is 1. The van der Waals surface area contributed by atoms with E-state index in [1.807, 2.05) is 0 Å². The van der Waals surface area contributed by atoms with Crippen LogP contribution in [0.1, 0.15) is 64.5 Å². The van der Waals surface area contributed by atoms with Crippen molar-refractivity contribution in [3.8, 4) is 0 Å². The number of benzene rings is 1. The SMILES string of the molecule is C=C(C)c1cccc(CCC(C)CCCC(C)C)c1. The van der Waals surface area contributed by atoms with Gasteiger partial charge in [0, 0.05) is 0 Å². The molecule has 106 valence electrons. The molecular weight excluding hydrogens is 228 g/mol. The summed E-state index contributed by atoms with van der Waals surface area (Å²) in [5.41, 5.74) is 3.90. The van der Waals surface area contributed by atoms with Crippen molar-refractivity contribution in [1.29, 1.82) is 0 Å². The van der Waals surface area contributed by atoms with Crippen LogP contribution in [0.5, 0.6) is 0 Å². The van der Waals surface area contributed by atoms with Crippen LogP contribution in [0.15, 0.2) is 30.8 Å². The first kappa shape index (κ1) is 16.0. The molecule has 0 radical (unpaired) electrons. The van der Waals surface area contributed by atoms with Crippen LogP contribution < -0.4 is 0 Å². The number of rotatable bonds is 8. The highest BCUT2D eigenvalue weighted by molar-refractivity contribution is 5.61. The molecule has 0 saturated heterocycles. The van der Waals surface area contributed by atoms with E-state index < -0.39 is 0 Å². The van der Waals surface area contributed by atoms with Crippen LogP contribution in [0.25, 0.3) is 5.57 Å². The van der Waals surface area contributed by atoms with E-state index >= 15 is 0 Å². The first-order valence-corrected chi connectivity index (χ1v) is 7.74. The average molecular weight is 258 g/mol. The van der Waals surface area contributed by atoms with Crippen molar-refractivity contribution in [1.82, 2.24) is 0 Å². The van der Waals surface area contributed by atoms with Gasteiger partial charge in [0.15, 0.2) is 0 Å². The van der Waals surface area contributed by atoms with Crippen LogP contribution in [0, 0.1) is 11.8 Å². The van der Waals surface area contributed by atoms with Crippen molar-refractivity contribution in [2.45, 2.75) is 59.8 Å². The van der Waals surface area contributed by atoms with E-state index in [0.717, 1.165) is 17.4 Å². The van der Waals surface area contributed by atoms with Gasteiger partial charge in [-0.3, -0.25) is 0 Å². The zero-order valence-electron chi connectivity index (χ0n) is 13.2. The number of hydrogen-bond donors (Lipinski definition) is 0. The highest BCUT2D eigenvalue weighted by Crippen LogP contribution is 2.19. The molecule has 0 bridgehead atoms. The van der Waals surface area contributed by atoms with Gasteiger partial charge in [-0.15, -0.1) is 0 Å². The lowest BCUT2D eigenvalue weighted by atomic mass is 9.93. The minimum absolute atomic E-state index is 0.840. The molecular formula is C19H30. The molecule has 0 saturated carbocycles. The molecule has 0 aliphatic carbocycles. The molecule has 0 fully saturated rings. The topological polar surface area (TPSA) is 0 Å². The Morgan fingerprint density at radius 3 is 2.47 bits per heavy atom. The molecule has 0 heterocycles. The van der Waals surface area contributed by atoms with E-state index in [1.165, 1.54) is 43.2 Å². The quantitative estimate of drug-likeness (QED) is 0.527. The molecule has 0 N–H and O–H groups in total. The van der Waals surface area contributed by atoms with E-state index in [4.69, 9.17) is 0 Å². The van der Waals surface area contributed by atoms with Gasteiger partial charge in [0.1, 0.15) is 0 Å². The summed E-state index contributed by atoms with van der Waals surface area (Å²) < 4.78 is 0. The van der Waals surface area contributed by atoms with Gasteiger partial charge >= 0.3 is 0 Å². The average Bonchev–Trinajstić information content (AvgIpc) is 2.36. The largest absolute Gasteiger partial charge is 0.0955 e. The van der Waals surface area contributed by atoms with Gasteiger partial charge in [0.2, 0.25) is 0 Å². The lowest BCUT2D eigenvalue weighted by molar-refractivity contribution is 0.437. The Morgan fingerprint density at radius 2 is 1.84 bits per heavy atom. The lowest BCUT2D eigenvalue weighted by Crippen LogP contribution is -1.99. The predicted octanol–water partition coefficient (Wildman–Crippen LogP) is 6.11. The van der Waals surface area contributed by atoms with Gasteiger partial charge in [0.25, 0.3) is 0 Å². The first-order chi connectivity index (χ1) is 8.99. The summed E-state index contributed by atoms with van der Waals surface area (Å²) in [6, 6.07) is 8.84. The highest BCUT2D eigenvalue weighted by atomic mass is 14.1. The van der Waals surface area contributed by atoms with Gasteiger partial charge in [-0.05, 0) is 42.7 Å². The van der Waals surface area contributed by atoms with E-state index in [1.54, 1.807) is 0 Å². The second-order valence-corrected chi connectivity index (χ2v) is 6.45. The van der Waals surface area contributed by atoms with Crippen LogP contribution in [-0.4, -0.2) is 0 Å². The molecule has 1 aromatic rings. The van der Waals surface area contributed by atoms with Crippen LogP contribution in [-0.2, 0) is 6.42 Å². The highest BCUT2D eigenvalue weighted by Gasteiger charge is 2.04. The lowest BCUT2D eigenvalue weighted by Gasteiger charge is -2.12. The smallest absolute Gasteiger partial charge is 0.0231 e. The minimum atomic E-state index is 0.840. The van der Waals surface area contributed by atoms with E-state index in [2.05, 4.69) is 58.5 Å². The van der Waals surface area contributed by atoms with Crippen LogP contribution in [0.2, 0.25) is 0 Å². The molecule has 1 rings (SSSR count). The summed E-state index contributed by atoms with van der Waals surface area (Å²) in [5.74, 6) is 1.69. The van der Waals surface area contributed by atoms with Crippen molar-refractivity contribution >= 4 is 5.57 Å². The number of hydrogen-bond acceptors (Lipinski definition) is 0. The molecule has 0 heteroatoms. The Bertz CT molecular complexity index is 387. The number of allylic oxidation sites excluding steroid dienone is 1. The molecule has 0 nitrogen and oxygen atoms in total. The van der Waals surface area contributed by atoms with Crippen LogP contribution in [0.3, 0.4) is 0 Å². The van der Waals surface area contributed by atoms with Crippen molar-refractivity contribution in [2.24, 2.45) is 11.8 Å². The van der Waals surface area contributed by atoms with Gasteiger partial charge < -0.3 is 0 Å². The van der Waals surface area contributed by atoms with Gasteiger partial charge in [-0.2, -0.15) is 0 Å². The Balaban J connectivity index is 2.35. The molecule has 0 aliphatic heterocycles. The molecule has 0 aromatic heterocycles. The Labute approximate surface area is 119 Å². The van der Waals surface area contributed by atoms with Gasteiger partial charge in [-0.25, -0.2) is 0 Å². The molecule has 1 atom stereocenters. The maximum Gasteiger partial charge on any atom is -0.0231 e. The van der Waals surface area contributed by atoms with Crippen molar-refractivity contribution in [3.63, 3.8) is 0 Å². The third-order valence-electron chi connectivity index (χ3n) is 3.82. The Morgan fingerprint density at radius 1 is 1.11 bits per heavy atom. The van der Waals surface area contributed by atoms with Gasteiger partial charge in [-0.1, -0.05) is 76.5 Å². The Kier molecular flexibility index (Phi) is 6.91. The van der Waals surface area contributed by atoms with Crippen LogP contribution >= 0.6 is 0 Å². The summed E-state index contributed by atoms with van der Waals surface area (Å²) in [6.45, 7) is 13.1. The zero-order chi connectivity index (χ0) is 14.3. The maximum absolute atomic E-state index is 4.02. The molecule has 0 amide bonds. The molecule has 0 spiro atoms. The van der Waals surface area contributed by atoms with Crippen LogP contribution in [0.4, 0.5) is 0 Å². The fourth-order valence-electron chi connectivity index (χ4n) is 2.42. The normalized spacial score (nSPS) is 12.7. The van der Waals surface area contributed by atoms with E-state index in [9.17, 15) is 0 Å². The maximum atomic E-state index is 4.02. The zero-order valence-corrected chi connectivity index (χ0v) is 13.2. The molecule has 0 aliphatic rings. The van der Waals surface area contributed by atoms with Crippen molar-refractivity contribution < 1.29 is 0 Å². The minimum Gasteiger partial charge on any atom is -0.0955 e. The monoisotopic (exact) mass is 258 g/mol. The summed E-state index contributed by atoms with van der Waals surface area (Å²) in [5, 5.41) is 0. The fourth-order valence-corrected chi connectivity index (χ4v) is 2.42. The molecule has 1 aromatic carbocycles.